The summed E-state index contributed by atoms with van der Waals surface area (Å²) >= 11 is 8.39. The molecule has 27 nitrogen and oxygen atoms in total. The van der Waals surface area contributed by atoms with E-state index >= 15 is 0 Å². The highest BCUT2D eigenvalue weighted by Gasteiger charge is 2.36. The molecule has 444 valence electrons. The van der Waals surface area contributed by atoms with E-state index in [1.54, 1.807) is 56.4 Å². The lowest BCUT2D eigenvalue weighted by Crippen LogP contribution is -2.61. The third kappa shape index (κ3) is 20.9. The molecule has 0 radical (unpaired) electrons. The number of aromatic nitrogens is 1. The summed E-state index contributed by atoms with van der Waals surface area (Å²) < 4.78 is 0. The monoisotopic (exact) mass is 1180 g/mol. The minimum Gasteiger partial charge on any atom is -0.508 e. The number of thiol groups is 2. The largest absolute Gasteiger partial charge is 0.508 e. The molecule has 82 heavy (non-hydrogen) atoms. The van der Waals surface area contributed by atoms with Crippen molar-refractivity contribution in [2.75, 3.05) is 18.1 Å². The summed E-state index contributed by atoms with van der Waals surface area (Å²) in [5, 5.41) is 59.4. The molecule has 9 atom stereocenters. The van der Waals surface area contributed by atoms with Gasteiger partial charge in [0.05, 0.1) is 19.1 Å². The first kappa shape index (κ1) is 66.1. The number of aliphatic carboxylic acids is 1. The number of rotatable bonds is 33. The Bertz CT molecular complexity index is 2910. The first-order valence-electron chi connectivity index (χ1n) is 25.7. The van der Waals surface area contributed by atoms with Gasteiger partial charge < -0.3 is 85.1 Å². The van der Waals surface area contributed by atoms with E-state index in [-0.39, 0.29) is 54.6 Å². The number of aromatic hydroxyl groups is 2. The second-order valence-electron chi connectivity index (χ2n) is 19.6. The lowest BCUT2D eigenvalue weighted by Gasteiger charge is -2.28. The van der Waals surface area contributed by atoms with Crippen molar-refractivity contribution in [3.8, 4) is 11.5 Å². The van der Waals surface area contributed by atoms with Crippen molar-refractivity contribution in [1.82, 2.24) is 47.5 Å². The van der Waals surface area contributed by atoms with Crippen molar-refractivity contribution in [2.24, 2.45) is 23.1 Å². The van der Waals surface area contributed by atoms with Gasteiger partial charge in [0, 0.05) is 47.9 Å². The molecule has 3 aromatic carbocycles. The molecule has 0 aliphatic carbocycles. The number of carboxylic acid groups (broad SMARTS) is 1. The van der Waals surface area contributed by atoms with Gasteiger partial charge in [-0.3, -0.25) is 47.9 Å². The Balaban J connectivity index is 1.51. The highest BCUT2D eigenvalue weighted by molar-refractivity contribution is 7.80. The van der Waals surface area contributed by atoms with Crippen LogP contribution in [0.5, 0.6) is 11.5 Å². The molecule has 0 spiro atoms. The number of benzene rings is 3. The number of phenolic OH excluding ortho intramolecular Hbond substituents is 2. The van der Waals surface area contributed by atoms with Crippen LogP contribution in [-0.4, -0.2) is 163 Å². The van der Waals surface area contributed by atoms with Crippen molar-refractivity contribution in [2.45, 2.75) is 113 Å². The van der Waals surface area contributed by atoms with Gasteiger partial charge in [-0.2, -0.15) is 25.3 Å². The first-order valence-corrected chi connectivity index (χ1v) is 27.0. The summed E-state index contributed by atoms with van der Waals surface area (Å²) in [5.74, 6) is -12.6. The van der Waals surface area contributed by atoms with Gasteiger partial charge >= 0.3 is 5.97 Å². The van der Waals surface area contributed by atoms with Crippen LogP contribution in [0.1, 0.15) is 56.2 Å². The molecule has 29 heteroatoms. The predicted molar refractivity (Wildman–Crippen MR) is 303 cm³/mol. The van der Waals surface area contributed by atoms with Gasteiger partial charge in [-0.25, -0.2) is 4.79 Å². The van der Waals surface area contributed by atoms with Gasteiger partial charge in [0.2, 0.25) is 59.1 Å². The van der Waals surface area contributed by atoms with Gasteiger partial charge in [0.1, 0.15) is 59.8 Å². The van der Waals surface area contributed by atoms with Gasteiger partial charge in [0.15, 0.2) is 0 Å². The van der Waals surface area contributed by atoms with Crippen LogP contribution in [0.25, 0.3) is 10.9 Å². The van der Waals surface area contributed by atoms with Crippen LogP contribution in [0.15, 0.2) is 79.0 Å². The summed E-state index contributed by atoms with van der Waals surface area (Å²) in [6.07, 6.45) is -0.855. The Morgan fingerprint density at radius 2 is 0.963 bits per heavy atom. The summed E-state index contributed by atoms with van der Waals surface area (Å²) in [5.41, 5.74) is 19.3. The van der Waals surface area contributed by atoms with Gasteiger partial charge in [-0.15, -0.1) is 0 Å². The molecule has 0 saturated carbocycles. The molecule has 0 saturated heterocycles. The number of aromatic amines is 1. The van der Waals surface area contributed by atoms with Crippen molar-refractivity contribution < 1.29 is 73.2 Å². The number of carboxylic acids is 1. The molecule has 19 N–H and O–H groups in total. The highest BCUT2D eigenvalue weighted by Crippen LogP contribution is 2.20. The molecule has 10 amide bonds. The average molecular weight is 1180 g/mol. The van der Waals surface area contributed by atoms with Crippen LogP contribution < -0.4 is 59.7 Å². The van der Waals surface area contributed by atoms with E-state index in [4.69, 9.17) is 17.2 Å². The SMILES string of the molecule is CC(C)C[C@H](NC(=O)[C@H](CC(N)=O)NC(=O)[C@H](CCC(N)=O)NC(=O)[C@H](CO)NC(=O)[C@H](Cc1c[nH]c2ccccc12)NC(=O)[C@H](CS)NC(=O)[C@@H](N)Cc1ccc(O)cc1)C(=O)N[C@@H](CS)C(=O)N[C@@H](Cc1ccc(O)cc1)C(=O)O. The minimum absolute atomic E-state index is 0.000915. The zero-order chi connectivity index (χ0) is 60.8. The number of hydrogen-bond donors (Lipinski definition) is 18. The number of amides is 10. The number of carbonyl (C=O) groups is 11. The first-order chi connectivity index (χ1) is 38.8. The van der Waals surface area contributed by atoms with Crippen LogP contribution in [0.2, 0.25) is 0 Å². The maximum Gasteiger partial charge on any atom is 0.326 e. The fourth-order valence-corrected chi connectivity index (χ4v) is 8.73. The van der Waals surface area contributed by atoms with Crippen molar-refractivity contribution in [3.05, 3.63) is 95.7 Å². The third-order valence-corrected chi connectivity index (χ3v) is 13.3. The topological polar surface area (TPSA) is 459 Å². The molecule has 0 fully saturated rings. The van der Waals surface area contributed by atoms with Gasteiger partial charge in [0.25, 0.3) is 0 Å². The van der Waals surface area contributed by atoms with Crippen LogP contribution in [0, 0.1) is 5.92 Å². The predicted octanol–water partition coefficient (Wildman–Crippen LogP) is -3.06. The number of aliphatic hydroxyl groups is 1. The van der Waals surface area contributed by atoms with Crippen LogP contribution in [0.3, 0.4) is 0 Å². The second kappa shape index (κ2) is 32.1. The number of para-hydroxylation sites is 1. The summed E-state index contributed by atoms with van der Waals surface area (Å²) in [7, 11) is 0. The van der Waals surface area contributed by atoms with E-state index in [9.17, 15) is 73.2 Å². The fraction of sp³-hybridized carbons (Fsp3) is 0.415. The number of nitrogens with one attached hydrogen (secondary N) is 9. The Labute approximate surface area is 481 Å². The van der Waals surface area contributed by atoms with Crippen LogP contribution in [0.4, 0.5) is 0 Å². The summed E-state index contributed by atoms with van der Waals surface area (Å²) in [4.78, 5) is 150. The molecule has 4 rings (SSSR count). The molecule has 0 aliphatic heterocycles. The van der Waals surface area contributed by atoms with E-state index in [1.165, 1.54) is 36.4 Å². The van der Waals surface area contributed by atoms with E-state index in [2.05, 4.69) is 72.8 Å². The molecule has 0 bridgehead atoms. The molecule has 0 unspecified atom stereocenters. The molecule has 0 aliphatic rings. The number of phenols is 2. The zero-order valence-corrected chi connectivity index (χ0v) is 46.5. The van der Waals surface area contributed by atoms with E-state index in [0.717, 1.165) is 0 Å². The average Bonchev–Trinajstić information content (AvgIpc) is 3.97. The lowest BCUT2D eigenvalue weighted by atomic mass is 10.0. The second-order valence-corrected chi connectivity index (χ2v) is 20.3. The summed E-state index contributed by atoms with van der Waals surface area (Å²) in [6.45, 7) is 2.27. The van der Waals surface area contributed by atoms with Crippen LogP contribution >= 0.6 is 25.3 Å². The number of hydrogen-bond acceptors (Lipinski definition) is 17. The number of carbonyl (C=O) groups excluding carboxylic acids is 10. The summed E-state index contributed by atoms with van der Waals surface area (Å²) in [6, 6.07) is 4.63. The molecular weight excluding hydrogens is 1110 g/mol. The van der Waals surface area contributed by atoms with Crippen molar-refractivity contribution in [3.63, 3.8) is 0 Å². The molecular formula is C53H70N12O15S2. The molecule has 4 aromatic rings. The standard InChI is InChI=1S/C53H70N12O15S2/c1-26(2)17-36(47(73)65-42(25-82)52(78)62-39(53(79)80)19-28-9-13-31(68)14-10-28)59-49(75)38(21-44(56)70)61-46(72)35(15-16-43(55)69)58-50(76)40(23-66)63-48(74)37(20-29-22-57-34-6-4-3-5-32(29)34)60-51(77)41(24-81)64-45(71)33(54)18-27-7-11-30(67)12-8-27/h3-14,22,26,33,35-42,57,66-68,81-82H,15-21,23-25,54H2,1-2H3,(H2,55,69)(H2,56,70)(H,58,76)(H,59,75)(H,60,77)(H,61,72)(H,62,78)(H,63,74)(H,64,71)(H,65,73)(H,79,80)/t33-,35-,36-,37-,38-,39-,40-,41-,42-/m0/s1. The smallest absolute Gasteiger partial charge is 0.326 e. The fourth-order valence-electron chi connectivity index (χ4n) is 8.21. The quantitative estimate of drug-likeness (QED) is 0.0211. The lowest BCUT2D eigenvalue weighted by molar-refractivity contribution is -0.142. The van der Waals surface area contributed by atoms with E-state index in [0.29, 0.717) is 27.6 Å². The number of aliphatic hydroxyl groups excluding tert-OH is 1. The maximum atomic E-state index is 14.2. The Hall–Kier alpha value is -8.41. The Kier molecular flexibility index (Phi) is 25.9. The van der Waals surface area contributed by atoms with Crippen molar-refractivity contribution in [1.29, 1.82) is 0 Å². The normalized spacial score (nSPS) is 14.4. The van der Waals surface area contributed by atoms with E-state index < -0.39 is 145 Å². The third-order valence-electron chi connectivity index (χ3n) is 12.6. The van der Waals surface area contributed by atoms with Gasteiger partial charge in [-0.1, -0.05) is 56.3 Å². The Morgan fingerprint density at radius 3 is 1.50 bits per heavy atom. The van der Waals surface area contributed by atoms with Crippen molar-refractivity contribution >= 4 is 101 Å². The maximum absolute atomic E-state index is 14.2. The number of primary amides is 2. The zero-order valence-electron chi connectivity index (χ0n) is 44.8. The molecule has 1 aromatic heterocycles. The molecule has 1 heterocycles. The minimum atomic E-state index is -1.87. The number of fused-ring (bicyclic) bond motifs is 1. The number of H-pyrrole nitrogens is 1. The number of nitrogens with two attached hydrogens (primary N) is 3. The van der Waals surface area contributed by atoms with Crippen LogP contribution in [-0.2, 0) is 72.0 Å². The highest BCUT2D eigenvalue weighted by atomic mass is 32.1. The van der Waals surface area contributed by atoms with E-state index in [1.807, 2.05) is 0 Å². The van der Waals surface area contributed by atoms with Gasteiger partial charge in [-0.05, 0) is 72.2 Å². The Morgan fingerprint density at radius 1 is 0.524 bits per heavy atom.